The molecule has 0 bridgehead atoms. The van der Waals surface area contributed by atoms with Crippen LogP contribution >= 0.6 is 0 Å². The Balaban J connectivity index is 1.59. The van der Waals surface area contributed by atoms with E-state index in [2.05, 4.69) is 15.6 Å². The SMILES string of the molecule is O=S(=O)(c1cccc2nonc12)C1CNCCN1CCc1ccc(F)cc1. The highest BCUT2D eigenvalue weighted by Crippen LogP contribution is 2.26. The van der Waals surface area contributed by atoms with Crippen LogP contribution in [0.2, 0.25) is 0 Å². The number of hydrogen-bond donors (Lipinski definition) is 1. The summed E-state index contributed by atoms with van der Waals surface area (Å²) in [5.41, 5.74) is 1.63. The smallest absolute Gasteiger partial charge is 0.198 e. The van der Waals surface area contributed by atoms with Gasteiger partial charge in [0.15, 0.2) is 15.4 Å². The van der Waals surface area contributed by atoms with Crippen LogP contribution in [0, 0.1) is 5.82 Å². The van der Waals surface area contributed by atoms with Crippen molar-refractivity contribution in [1.29, 1.82) is 0 Å². The van der Waals surface area contributed by atoms with Gasteiger partial charge in [0.05, 0.1) is 0 Å². The zero-order valence-corrected chi connectivity index (χ0v) is 15.3. The molecule has 4 rings (SSSR count). The lowest BCUT2D eigenvalue weighted by atomic mass is 10.1. The van der Waals surface area contributed by atoms with Crippen molar-refractivity contribution in [3.63, 3.8) is 0 Å². The van der Waals surface area contributed by atoms with Gasteiger partial charge in [0.2, 0.25) is 0 Å². The molecular weight excluding hydrogens is 371 g/mol. The molecule has 1 N–H and O–H groups in total. The van der Waals surface area contributed by atoms with Gasteiger partial charge in [-0.1, -0.05) is 18.2 Å². The van der Waals surface area contributed by atoms with Gasteiger partial charge in [-0.3, -0.25) is 4.90 Å². The lowest BCUT2D eigenvalue weighted by Crippen LogP contribution is -2.55. The number of aromatic nitrogens is 2. The molecule has 3 aromatic rings. The molecule has 1 fully saturated rings. The van der Waals surface area contributed by atoms with Crippen LogP contribution in [0.3, 0.4) is 0 Å². The van der Waals surface area contributed by atoms with Gasteiger partial charge < -0.3 is 5.32 Å². The molecule has 0 radical (unpaired) electrons. The maximum atomic E-state index is 13.3. The number of rotatable bonds is 5. The van der Waals surface area contributed by atoms with Gasteiger partial charge in [0.25, 0.3) is 0 Å². The third-order valence-corrected chi connectivity index (χ3v) is 6.94. The molecular formula is C18H19FN4O3S. The molecule has 27 heavy (non-hydrogen) atoms. The highest BCUT2D eigenvalue weighted by Gasteiger charge is 2.36. The van der Waals surface area contributed by atoms with Crippen LogP contribution in [0.25, 0.3) is 11.0 Å². The van der Waals surface area contributed by atoms with E-state index in [1.54, 1.807) is 24.3 Å². The summed E-state index contributed by atoms with van der Waals surface area (Å²) in [5.74, 6) is -0.282. The Kier molecular flexibility index (Phi) is 4.90. The molecule has 1 aromatic heterocycles. The largest absolute Gasteiger partial charge is 0.313 e. The molecule has 1 atom stereocenters. The number of halogens is 1. The standard InChI is InChI=1S/C18H19FN4O3S/c19-14-6-4-13(5-7-14)8-10-23-11-9-20-12-17(23)27(24,25)16-3-1-2-15-18(16)22-26-21-15/h1-7,17,20H,8-12H2. The van der Waals surface area contributed by atoms with E-state index in [1.165, 1.54) is 18.2 Å². The Morgan fingerprint density at radius 2 is 2.00 bits per heavy atom. The lowest BCUT2D eigenvalue weighted by molar-refractivity contribution is 0.213. The van der Waals surface area contributed by atoms with Gasteiger partial charge >= 0.3 is 0 Å². The zero-order chi connectivity index (χ0) is 18.9. The third kappa shape index (κ3) is 3.58. The van der Waals surface area contributed by atoms with Crippen molar-refractivity contribution in [1.82, 2.24) is 20.5 Å². The first-order valence-corrected chi connectivity index (χ1v) is 10.2. The number of sulfone groups is 1. The van der Waals surface area contributed by atoms with E-state index in [1.807, 2.05) is 4.90 Å². The summed E-state index contributed by atoms with van der Waals surface area (Å²) in [5, 5.41) is 9.94. The van der Waals surface area contributed by atoms with Crippen LogP contribution in [0.15, 0.2) is 52.0 Å². The second-order valence-electron chi connectivity index (χ2n) is 6.50. The van der Waals surface area contributed by atoms with Crippen molar-refractivity contribution in [3.05, 3.63) is 53.8 Å². The van der Waals surface area contributed by atoms with Gasteiger partial charge in [-0.2, -0.15) is 0 Å². The fourth-order valence-electron chi connectivity index (χ4n) is 3.36. The molecule has 0 spiro atoms. The number of piperazine rings is 1. The van der Waals surface area contributed by atoms with Crippen LogP contribution in [0.5, 0.6) is 0 Å². The average molecular weight is 390 g/mol. The summed E-state index contributed by atoms with van der Waals surface area (Å²) in [6.07, 6.45) is 0.641. The molecule has 2 aromatic carbocycles. The van der Waals surface area contributed by atoms with E-state index >= 15 is 0 Å². The second kappa shape index (κ2) is 7.34. The topological polar surface area (TPSA) is 88.3 Å². The Morgan fingerprint density at radius 3 is 2.81 bits per heavy atom. The van der Waals surface area contributed by atoms with E-state index in [-0.39, 0.29) is 16.2 Å². The van der Waals surface area contributed by atoms with Crippen molar-refractivity contribution in [2.75, 3.05) is 26.2 Å². The van der Waals surface area contributed by atoms with E-state index in [0.717, 1.165) is 5.56 Å². The summed E-state index contributed by atoms with van der Waals surface area (Å²) < 4.78 is 44.4. The van der Waals surface area contributed by atoms with Crippen molar-refractivity contribution in [2.45, 2.75) is 16.7 Å². The molecule has 1 aliphatic heterocycles. The zero-order valence-electron chi connectivity index (χ0n) is 14.5. The minimum absolute atomic E-state index is 0.127. The molecule has 1 saturated heterocycles. The number of benzene rings is 2. The third-order valence-electron chi connectivity index (χ3n) is 4.82. The fourth-order valence-corrected chi connectivity index (χ4v) is 5.28. The van der Waals surface area contributed by atoms with Gasteiger partial charge in [0, 0.05) is 26.2 Å². The van der Waals surface area contributed by atoms with Crippen LogP contribution in [0.4, 0.5) is 4.39 Å². The van der Waals surface area contributed by atoms with E-state index in [0.29, 0.717) is 38.1 Å². The number of nitrogens with one attached hydrogen (secondary N) is 1. The molecule has 142 valence electrons. The van der Waals surface area contributed by atoms with Crippen molar-refractivity contribution < 1.29 is 17.4 Å². The molecule has 1 aliphatic rings. The highest BCUT2D eigenvalue weighted by atomic mass is 32.2. The van der Waals surface area contributed by atoms with Crippen LogP contribution in [-0.4, -0.2) is 55.2 Å². The second-order valence-corrected chi connectivity index (χ2v) is 8.58. The molecule has 1 unspecified atom stereocenters. The molecule has 0 saturated carbocycles. The van der Waals surface area contributed by atoms with Gasteiger partial charge in [0.1, 0.15) is 21.6 Å². The van der Waals surface area contributed by atoms with Gasteiger partial charge in [-0.05, 0) is 46.6 Å². The number of fused-ring (bicyclic) bond motifs is 1. The minimum atomic E-state index is -3.68. The van der Waals surface area contributed by atoms with Crippen molar-refractivity contribution in [2.24, 2.45) is 0 Å². The van der Waals surface area contributed by atoms with E-state index in [4.69, 9.17) is 4.63 Å². The highest BCUT2D eigenvalue weighted by molar-refractivity contribution is 7.92. The van der Waals surface area contributed by atoms with Gasteiger partial charge in [-0.25, -0.2) is 17.4 Å². The summed E-state index contributed by atoms with van der Waals surface area (Å²) in [6, 6.07) is 11.1. The fraction of sp³-hybridized carbons (Fsp3) is 0.333. The normalized spacial score (nSPS) is 18.8. The molecule has 9 heteroatoms. The monoisotopic (exact) mass is 390 g/mol. The van der Waals surface area contributed by atoms with Crippen molar-refractivity contribution >= 4 is 20.9 Å². The molecule has 2 heterocycles. The number of hydrogen-bond acceptors (Lipinski definition) is 7. The summed E-state index contributed by atoms with van der Waals surface area (Å²) in [7, 11) is -3.68. The predicted molar refractivity (Wildman–Crippen MR) is 97.3 cm³/mol. The summed E-state index contributed by atoms with van der Waals surface area (Å²) in [4.78, 5) is 2.07. The Hall–Kier alpha value is -2.36. The van der Waals surface area contributed by atoms with Crippen LogP contribution in [-0.2, 0) is 16.3 Å². The quantitative estimate of drug-likeness (QED) is 0.708. The Bertz CT molecular complexity index is 1040. The number of nitrogens with zero attached hydrogens (tertiary/aromatic N) is 3. The Labute approximate surface area is 156 Å². The first-order valence-electron chi connectivity index (χ1n) is 8.70. The predicted octanol–water partition coefficient (Wildman–Crippen LogP) is 1.61. The van der Waals surface area contributed by atoms with Crippen molar-refractivity contribution in [3.8, 4) is 0 Å². The Morgan fingerprint density at radius 1 is 1.19 bits per heavy atom. The molecule has 0 aliphatic carbocycles. The summed E-state index contributed by atoms with van der Waals surface area (Å²) in [6.45, 7) is 2.21. The minimum Gasteiger partial charge on any atom is -0.313 e. The molecule has 7 nitrogen and oxygen atoms in total. The lowest BCUT2D eigenvalue weighted by Gasteiger charge is -2.35. The first-order chi connectivity index (χ1) is 13.1. The molecule has 0 amide bonds. The maximum absolute atomic E-state index is 13.3. The van der Waals surface area contributed by atoms with Crippen LogP contribution < -0.4 is 5.32 Å². The summed E-state index contributed by atoms with van der Waals surface area (Å²) >= 11 is 0. The van der Waals surface area contributed by atoms with E-state index in [9.17, 15) is 12.8 Å². The maximum Gasteiger partial charge on any atom is 0.198 e. The average Bonchev–Trinajstić information content (AvgIpc) is 3.16. The first kappa shape index (κ1) is 18.0. The van der Waals surface area contributed by atoms with E-state index < -0.39 is 15.2 Å². The van der Waals surface area contributed by atoms with Gasteiger partial charge in [-0.15, -0.1) is 0 Å². The van der Waals surface area contributed by atoms with Crippen LogP contribution in [0.1, 0.15) is 5.56 Å².